The first-order chi connectivity index (χ1) is 7.61. The topological polar surface area (TPSA) is 59.4 Å². The molecule has 0 amide bonds. The van der Waals surface area contributed by atoms with E-state index in [2.05, 4.69) is 4.98 Å². The smallest absolute Gasteiger partial charge is 0.354 e. The highest BCUT2D eigenvalue weighted by Gasteiger charge is 2.10. The van der Waals surface area contributed by atoms with Gasteiger partial charge < -0.3 is 9.84 Å². The third-order valence-electron chi connectivity index (χ3n) is 2.21. The van der Waals surface area contributed by atoms with Gasteiger partial charge in [-0.05, 0) is 29.7 Å². The van der Waals surface area contributed by atoms with E-state index < -0.39 is 5.97 Å². The fourth-order valence-electron chi connectivity index (χ4n) is 1.43. The van der Waals surface area contributed by atoms with Crippen LogP contribution in [0.15, 0.2) is 24.3 Å². The molecular formula is C11H8ClNO3. The summed E-state index contributed by atoms with van der Waals surface area (Å²) in [6.07, 6.45) is 0. The molecule has 0 aliphatic carbocycles. The maximum Gasteiger partial charge on any atom is 0.354 e. The van der Waals surface area contributed by atoms with E-state index in [0.717, 1.165) is 0 Å². The first kappa shape index (κ1) is 10.7. The normalized spacial score (nSPS) is 10.4. The number of hydrogen-bond acceptors (Lipinski definition) is 3. The molecule has 0 spiro atoms. The van der Waals surface area contributed by atoms with Gasteiger partial charge in [-0.2, -0.15) is 0 Å². The monoisotopic (exact) mass is 237 g/mol. The Morgan fingerprint density at radius 1 is 1.44 bits per heavy atom. The first-order valence-electron chi connectivity index (χ1n) is 4.49. The first-order valence-corrected chi connectivity index (χ1v) is 4.87. The van der Waals surface area contributed by atoms with Crippen molar-refractivity contribution in [2.45, 2.75) is 0 Å². The zero-order chi connectivity index (χ0) is 11.7. The van der Waals surface area contributed by atoms with Crippen molar-refractivity contribution in [3.63, 3.8) is 0 Å². The van der Waals surface area contributed by atoms with Crippen LogP contribution >= 0.6 is 11.6 Å². The van der Waals surface area contributed by atoms with Gasteiger partial charge in [-0.25, -0.2) is 9.78 Å². The number of rotatable bonds is 2. The Bertz CT molecular complexity index is 568. The predicted molar refractivity (Wildman–Crippen MR) is 60.3 cm³/mol. The third kappa shape index (κ3) is 1.79. The van der Waals surface area contributed by atoms with Crippen LogP contribution in [-0.4, -0.2) is 23.2 Å². The highest BCUT2D eigenvalue weighted by Crippen LogP contribution is 2.26. The van der Waals surface area contributed by atoms with Crippen molar-refractivity contribution < 1.29 is 14.6 Å². The van der Waals surface area contributed by atoms with Crippen molar-refractivity contribution in [1.29, 1.82) is 0 Å². The van der Waals surface area contributed by atoms with Crippen LogP contribution in [0.5, 0.6) is 5.75 Å². The van der Waals surface area contributed by atoms with Gasteiger partial charge in [0.1, 0.15) is 10.9 Å². The van der Waals surface area contributed by atoms with Crippen molar-refractivity contribution in [1.82, 2.24) is 4.98 Å². The Morgan fingerprint density at radius 3 is 2.81 bits per heavy atom. The van der Waals surface area contributed by atoms with Crippen molar-refractivity contribution in [2.24, 2.45) is 0 Å². The zero-order valence-corrected chi connectivity index (χ0v) is 9.15. The van der Waals surface area contributed by atoms with Crippen molar-refractivity contribution in [2.75, 3.05) is 7.11 Å². The summed E-state index contributed by atoms with van der Waals surface area (Å²) in [5, 5.41) is 10.4. The number of fused-ring (bicyclic) bond motifs is 1. The Kier molecular flexibility index (Phi) is 2.66. The second kappa shape index (κ2) is 3.98. The second-order valence-corrected chi connectivity index (χ2v) is 3.55. The Balaban J connectivity index is 2.72. The van der Waals surface area contributed by atoms with E-state index in [1.165, 1.54) is 6.07 Å². The number of nitrogens with zero attached hydrogens (tertiary/aromatic N) is 1. The average Bonchev–Trinajstić information content (AvgIpc) is 2.28. The molecule has 1 N–H and O–H groups in total. The molecule has 0 saturated carbocycles. The van der Waals surface area contributed by atoms with Crippen LogP contribution in [-0.2, 0) is 0 Å². The summed E-state index contributed by atoms with van der Waals surface area (Å²) in [6, 6.07) is 6.67. The van der Waals surface area contributed by atoms with Crippen LogP contribution in [0.4, 0.5) is 0 Å². The lowest BCUT2D eigenvalue weighted by Gasteiger charge is -2.04. The number of ether oxygens (including phenoxy) is 1. The highest BCUT2D eigenvalue weighted by molar-refractivity contribution is 6.34. The minimum atomic E-state index is -1.10. The van der Waals surface area contributed by atoms with E-state index in [9.17, 15) is 4.79 Å². The van der Waals surface area contributed by atoms with Crippen LogP contribution < -0.4 is 4.74 Å². The van der Waals surface area contributed by atoms with Crippen molar-refractivity contribution in [3.05, 3.63) is 35.1 Å². The third-order valence-corrected chi connectivity index (χ3v) is 2.50. The maximum absolute atomic E-state index is 10.8. The quantitative estimate of drug-likeness (QED) is 0.816. The van der Waals surface area contributed by atoms with E-state index in [-0.39, 0.29) is 10.8 Å². The second-order valence-electron chi connectivity index (χ2n) is 3.19. The van der Waals surface area contributed by atoms with Crippen molar-refractivity contribution >= 4 is 28.3 Å². The number of hydrogen-bond donors (Lipinski definition) is 1. The molecule has 0 aliphatic heterocycles. The number of benzene rings is 1. The molecule has 0 radical (unpaired) electrons. The van der Waals surface area contributed by atoms with Gasteiger partial charge >= 0.3 is 5.97 Å². The molecule has 0 aliphatic rings. The molecule has 4 nitrogen and oxygen atoms in total. The van der Waals surface area contributed by atoms with Crippen LogP contribution in [0, 0.1) is 0 Å². The molecule has 16 heavy (non-hydrogen) atoms. The van der Waals surface area contributed by atoms with Gasteiger partial charge in [-0.15, -0.1) is 0 Å². The van der Waals surface area contributed by atoms with E-state index in [0.29, 0.717) is 16.5 Å². The Labute approximate surface area is 96.4 Å². The molecule has 2 aromatic rings. The fraction of sp³-hybridized carbons (Fsp3) is 0.0909. The maximum atomic E-state index is 10.8. The molecule has 0 unspecified atom stereocenters. The molecule has 5 heteroatoms. The molecule has 1 aromatic heterocycles. The molecular weight excluding hydrogens is 230 g/mol. The zero-order valence-electron chi connectivity index (χ0n) is 8.40. The van der Waals surface area contributed by atoms with Gasteiger partial charge in [0.05, 0.1) is 7.11 Å². The Hall–Kier alpha value is -1.81. The van der Waals surface area contributed by atoms with Gasteiger partial charge in [0.15, 0.2) is 5.69 Å². The number of carboxylic acids is 1. The van der Waals surface area contributed by atoms with Gasteiger partial charge in [0.25, 0.3) is 0 Å². The molecule has 1 aromatic carbocycles. The number of carboxylic acid groups (broad SMARTS) is 1. The molecule has 0 fully saturated rings. The van der Waals surface area contributed by atoms with E-state index >= 15 is 0 Å². The lowest BCUT2D eigenvalue weighted by atomic mass is 10.1. The van der Waals surface area contributed by atoms with Gasteiger partial charge in [0.2, 0.25) is 0 Å². The lowest BCUT2D eigenvalue weighted by Crippen LogP contribution is -2.00. The minimum absolute atomic E-state index is 0.0780. The summed E-state index contributed by atoms with van der Waals surface area (Å²) in [5.41, 5.74) is -0.0780. The molecule has 82 valence electrons. The highest BCUT2D eigenvalue weighted by atomic mass is 35.5. The van der Waals surface area contributed by atoms with Crippen LogP contribution in [0.25, 0.3) is 10.8 Å². The summed E-state index contributed by atoms with van der Waals surface area (Å²) in [7, 11) is 1.54. The lowest BCUT2D eigenvalue weighted by molar-refractivity contribution is 0.0690. The molecule has 0 saturated heterocycles. The van der Waals surface area contributed by atoms with E-state index in [1.54, 1.807) is 25.3 Å². The van der Waals surface area contributed by atoms with E-state index in [4.69, 9.17) is 21.4 Å². The number of aromatic nitrogens is 1. The summed E-state index contributed by atoms with van der Waals surface area (Å²) < 4.78 is 5.05. The van der Waals surface area contributed by atoms with E-state index in [1.807, 2.05) is 0 Å². The fourth-order valence-corrected chi connectivity index (χ4v) is 1.69. The summed E-state index contributed by atoms with van der Waals surface area (Å²) >= 11 is 5.89. The number of aromatic carboxylic acids is 1. The van der Waals surface area contributed by atoms with Crippen LogP contribution in [0.1, 0.15) is 10.5 Å². The van der Waals surface area contributed by atoms with Crippen molar-refractivity contribution in [3.8, 4) is 5.75 Å². The summed E-state index contributed by atoms with van der Waals surface area (Å²) in [5.74, 6) is -0.460. The summed E-state index contributed by atoms with van der Waals surface area (Å²) in [6.45, 7) is 0. The number of pyridine rings is 1. The number of carbonyl (C=O) groups is 1. The number of halogens is 1. The Morgan fingerprint density at radius 2 is 2.19 bits per heavy atom. The SMILES string of the molecule is COc1ccc2c(Cl)nc(C(=O)O)cc2c1. The minimum Gasteiger partial charge on any atom is -0.497 e. The predicted octanol–water partition coefficient (Wildman–Crippen LogP) is 2.59. The number of methoxy groups -OCH3 is 1. The molecule has 0 atom stereocenters. The largest absolute Gasteiger partial charge is 0.497 e. The molecule has 0 bridgehead atoms. The van der Waals surface area contributed by atoms with Gasteiger partial charge in [-0.1, -0.05) is 11.6 Å². The van der Waals surface area contributed by atoms with Crippen LogP contribution in [0.3, 0.4) is 0 Å². The van der Waals surface area contributed by atoms with Gasteiger partial charge in [-0.3, -0.25) is 0 Å². The molecule has 2 rings (SSSR count). The van der Waals surface area contributed by atoms with Crippen LogP contribution in [0.2, 0.25) is 5.15 Å². The standard InChI is InChI=1S/C11H8ClNO3/c1-16-7-2-3-8-6(4-7)5-9(11(14)15)13-10(8)12/h2-5H,1H3,(H,14,15). The van der Waals surface area contributed by atoms with Gasteiger partial charge in [0, 0.05) is 5.39 Å². The average molecular weight is 238 g/mol. The summed E-state index contributed by atoms with van der Waals surface area (Å²) in [4.78, 5) is 14.6. The molecule has 1 heterocycles.